The summed E-state index contributed by atoms with van der Waals surface area (Å²) in [5.41, 5.74) is 1.06. The maximum Gasteiger partial charge on any atom is 0.203 e. The van der Waals surface area contributed by atoms with Crippen LogP contribution >= 0.6 is 0 Å². The Morgan fingerprint density at radius 2 is 2.15 bits per heavy atom. The van der Waals surface area contributed by atoms with E-state index in [9.17, 15) is 0 Å². The van der Waals surface area contributed by atoms with Crippen molar-refractivity contribution in [3.8, 4) is 0 Å². The molecule has 0 bridgehead atoms. The van der Waals surface area contributed by atoms with Crippen molar-refractivity contribution in [1.82, 2.24) is 24.3 Å². The fraction of sp³-hybridized carbons (Fsp3) is 0.643. The number of anilines is 1. The Hall–Kier alpha value is -1.85. The van der Waals surface area contributed by atoms with Crippen LogP contribution in [0.25, 0.3) is 0 Å². The lowest BCUT2D eigenvalue weighted by Gasteiger charge is -2.14. The predicted molar refractivity (Wildman–Crippen MR) is 77.5 cm³/mol. The molecule has 1 aliphatic rings. The molecule has 6 nitrogen and oxygen atoms in total. The molecule has 2 aromatic heterocycles. The van der Waals surface area contributed by atoms with Gasteiger partial charge in [-0.05, 0) is 19.8 Å². The summed E-state index contributed by atoms with van der Waals surface area (Å²) in [6.07, 6.45) is 9.84. The standard InChI is InChI=1S/C14H22N6/c1-11-9-20(8-7-13-15-10-19(2)18-13)14(16-11)17-12-5-3-4-6-12/h9-10,12H,3-8H2,1-2H3,(H,16,17). The van der Waals surface area contributed by atoms with Gasteiger partial charge in [-0.2, -0.15) is 5.10 Å². The van der Waals surface area contributed by atoms with Crippen molar-refractivity contribution < 1.29 is 0 Å². The van der Waals surface area contributed by atoms with Crippen LogP contribution in [0.3, 0.4) is 0 Å². The van der Waals surface area contributed by atoms with Gasteiger partial charge in [-0.3, -0.25) is 4.68 Å². The number of aromatic nitrogens is 5. The topological polar surface area (TPSA) is 60.6 Å². The molecular weight excluding hydrogens is 252 g/mol. The molecule has 1 aliphatic carbocycles. The van der Waals surface area contributed by atoms with Gasteiger partial charge >= 0.3 is 0 Å². The Morgan fingerprint density at radius 3 is 2.85 bits per heavy atom. The highest BCUT2D eigenvalue weighted by atomic mass is 15.3. The van der Waals surface area contributed by atoms with E-state index in [2.05, 4.69) is 31.1 Å². The molecule has 0 aromatic carbocycles. The molecule has 20 heavy (non-hydrogen) atoms. The molecular formula is C14H22N6. The normalized spacial score (nSPS) is 15.9. The quantitative estimate of drug-likeness (QED) is 0.905. The van der Waals surface area contributed by atoms with E-state index in [1.165, 1.54) is 25.7 Å². The minimum absolute atomic E-state index is 0.587. The monoisotopic (exact) mass is 274 g/mol. The van der Waals surface area contributed by atoms with Gasteiger partial charge in [-0.25, -0.2) is 9.97 Å². The van der Waals surface area contributed by atoms with Gasteiger partial charge < -0.3 is 9.88 Å². The molecule has 0 amide bonds. The van der Waals surface area contributed by atoms with E-state index in [1.54, 1.807) is 11.0 Å². The van der Waals surface area contributed by atoms with E-state index < -0.39 is 0 Å². The summed E-state index contributed by atoms with van der Waals surface area (Å²) in [4.78, 5) is 8.87. The summed E-state index contributed by atoms with van der Waals surface area (Å²) in [6, 6.07) is 0.587. The average molecular weight is 274 g/mol. The minimum atomic E-state index is 0.587. The second kappa shape index (κ2) is 5.64. The third-order valence-electron chi connectivity index (χ3n) is 3.81. The zero-order valence-electron chi connectivity index (χ0n) is 12.2. The second-order valence-corrected chi connectivity index (χ2v) is 5.61. The Bertz CT molecular complexity index is 564. The van der Waals surface area contributed by atoms with Crippen LogP contribution < -0.4 is 5.32 Å². The first kappa shape index (κ1) is 13.1. The Kier molecular flexibility index (Phi) is 3.71. The first-order valence-electron chi connectivity index (χ1n) is 7.35. The molecule has 1 saturated carbocycles. The maximum atomic E-state index is 4.60. The van der Waals surface area contributed by atoms with E-state index in [0.29, 0.717) is 6.04 Å². The Balaban J connectivity index is 1.65. The van der Waals surface area contributed by atoms with Crippen molar-refractivity contribution in [2.45, 2.75) is 51.6 Å². The number of rotatable bonds is 5. The van der Waals surface area contributed by atoms with Gasteiger partial charge in [0.2, 0.25) is 5.95 Å². The van der Waals surface area contributed by atoms with E-state index in [1.807, 2.05) is 14.0 Å². The van der Waals surface area contributed by atoms with Crippen LogP contribution in [0.2, 0.25) is 0 Å². The van der Waals surface area contributed by atoms with E-state index in [0.717, 1.165) is 30.4 Å². The maximum absolute atomic E-state index is 4.60. The second-order valence-electron chi connectivity index (χ2n) is 5.61. The molecule has 1 fully saturated rings. The van der Waals surface area contributed by atoms with Crippen molar-refractivity contribution in [1.29, 1.82) is 0 Å². The van der Waals surface area contributed by atoms with Crippen LogP contribution in [0.5, 0.6) is 0 Å². The molecule has 1 N–H and O–H groups in total. The lowest BCUT2D eigenvalue weighted by Crippen LogP contribution is -2.18. The minimum Gasteiger partial charge on any atom is -0.353 e. The van der Waals surface area contributed by atoms with E-state index in [-0.39, 0.29) is 0 Å². The number of imidazole rings is 1. The third kappa shape index (κ3) is 3.00. The third-order valence-corrected chi connectivity index (χ3v) is 3.81. The largest absolute Gasteiger partial charge is 0.353 e. The molecule has 0 radical (unpaired) electrons. The first-order chi connectivity index (χ1) is 9.70. The summed E-state index contributed by atoms with van der Waals surface area (Å²) in [5.74, 6) is 1.87. The lowest BCUT2D eigenvalue weighted by atomic mass is 10.2. The van der Waals surface area contributed by atoms with Gasteiger partial charge in [0.05, 0.1) is 5.69 Å². The smallest absolute Gasteiger partial charge is 0.203 e. The van der Waals surface area contributed by atoms with E-state index >= 15 is 0 Å². The summed E-state index contributed by atoms with van der Waals surface area (Å²) in [7, 11) is 1.89. The van der Waals surface area contributed by atoms with Gasteiger partial charge in [-0.15, -0.1) is 0 Å². The molecule has 0 unspecified atom stereocenters. The Labute approximate surface area is 119 Å². The molecule has 2 heterocycles. The highest BCUT2D eigenvalue weighted by molar-refractivity contribution is 5.30. The van der Waals surface area contributed by atoms with Crippen LogP contribution in [0, 0.1) is 6.92 Å². The summed E-state index contributed by atoms with van der Waals surface area (Å²) >= 11 is 0. The van der Waals surface area contributed by atoms with Crippen LogP contribution in [0.15, 0.2) is 12.5 Å². The molecule has 6 heteroatoms. The highest BCUT2D eigenvalue weighted by Gasteiger charge is 2.17. The SMILES string of the molecule is Cc1cn(CCc2ncn(C)n2)c(NC2CCCC2)n1. The number of hydrogen-bond acceptors (Lipinski definition) is 4. The van der Waals surface area contributed by atoms with Crippen LogP contribution in [0.4, 0.5) is 5.95 Å². The van der Waals surface area contributed by atoms with Crippen molar-refractivity contribution in [2.75, 3.05) is 5.32 Å². The number of hydrogen-bond donors (Lipinski definition) is 1. The van der Waals surface area contributed by atoms with Crippen molar-refractivity contribution in [2.24, 2.45) is 7.05 Å². The summed E-state index contributed by atoms with van der Waals surface area (Å²) in [5, 5.41) is 7.89. The number of aryl methyl sites for hydroxylation is 4. The van der Waals surface area contributed by atoms with E-state index in [4.69, 9.17) is 0 Å². The molecule has 0 spiro atoms. The predicted octanol–water partition coefficient (Wildman–Crippen LogP) is 1.92. The molecule has 0 atom stereocenters. The molecule has 0 saturated heterocycles. The Morgan fingerprint density at radius 1 is 1.35 bits per heavy atom. The van der Waals surface area contributed by atoms with Gasteiger partial charge in [0, 0.05) is 32.3 Å². The van der Waals surface area contributed by atoms with Gasteiger partial charge in [0.1, 0.15) is 6.33 Å². The first-order valence-corrected chi connectivity index (χ1v) is 7.35. The summed E-state index contributed by atoms with van der Waals surface area (Å²) in [6.45, 7) is 2.90. The van der Waals surface area contributed by atoms with Crippen molar-refractivity contribution in [3.63, 3.8) is 0 Å². The van der Waals surface area contributed by atoms with Gasteiger partial charge in [0.25, 0.3) is 0 Å². The summed E-state index contributed by atoms with van der Waals surface area (Å²) < 4.78 is 3.93. The van der Waals surface area contributed by atoms with Crippen molar-refractivity contribution >= 4 is 5.95 Å². The zero-order chi connectivity index (χ0) is 13.9. The average Bonchev–Trinajstić information content (AvgIpc) is 3.11. The van der Waals surface area contributed by atoms with Crippen LogP contribution in [-0.2, 0) is 20.0 Å². The van der Waals surface area contributed by atoms with Crippen molar-refractivity contribution in [3.05, 3.63) is 24.0 Å². The number of nitrogens with one attached hydrogen (secondary N) is 1. The fourth-order valence-electron chi connectivity index (χ4n) is 2.80. The fourth-order valence-corrected chi connectivity index (χ4v) is 2.80. The highest BCUT2D eigenvalue weighted by Crippen LogP contribution is 2.22. The van der Waals surface area contributed by atoms with Crippen LogP contribution in [-0.4, -0.2) is 30.4 Å². The van der Waals surface area contributed by atoms with Gasteiger partial charge in [0.15, 0.2) is 5.82 Å². The molecule has 0 aliphatic heterocycles. The van der Waals surface area contributed by atoms with Gasteiger partial charge in [-0.1, -0.05) is 12.8 Å². The molecule has 108 valence electrons. The number of nitrogens with zero attached hydrogens (tertiary/aromatic N) is 5. The molecule has 2 aromatic rings. The lowest BCUT2D eigenvalue weighted by molar-refractivity contribution is 0.649. The van der Waals surface area contributed by atoms with Crippen LogP contribution in [0.1, 0.15) is 37.2 Å². The zero-order valence-corrected chi connectivity index (χ0v) is 12.2. The molecule has 3 rings (SSSR count).